The molecule has 0 heterocycles. The summed E-state index contributed by atoms with van der Waals surface area (Å²) in [6.07, 6.45) is 3.09. The number of aryl methyl sites for hydroxylation is 1. The molecule has 0 radical (unpaired) electrons. The molecule has 0 saturated carbocycles. The summed E-state index contributed by atoms with van der Waals surface area (Å²) in [6.45, 7) is 7.51. The first-order chi connectivity index (χ1) is 9.11. The number of hydrogen-bond acceptors (Lipinski definition) is 2. The van der Waals surface area contributed by atoms with Crippen LogP contribution < -0.4 is 10.6 Å². The van der Waals surface area contributed by atoms with Gasteiger partial charge in [0.25, 0.3) is 0 Å². The summed E-state index contributed by atoms with van der Waals surface area (Å²) < 4.78 is 0. The van der Waals surface area contributed by atoms with Crippen molar-refractivity contribution in [1.82, 2.24) is 10.6 Å². The van der Waals surface area contributed by atoms with Gasteiger partial charge in [0, 0.05) is 6.04 Å². The van der Waals surface area contributed by atoms with Crippen molar-refractivity contribution < 1.29 is 4.79 Å². The van der Waals surface area contributed by atoms with E-state index in [0.29, 0.717) is 6.54 Å². The van der Waals surface area contributed by atoms with Crippen LogP contribution in [0.1, 0.15) is 37.8 Å². The van der Waals surface area contributed by atoms with Gasteiger partial charge in [-0.3, -0.25) is 4.79 Å². The molecule has 0 fully saturated rings. The molecular weight excluding hydrogens is 236 g/mol. The molecule has 0 aromatic heterocycles. The summed E-state index contributed by atoms with van der Waals surface area (Å²) in [5, 5.41) is 6.18. The molecule has 1 atom stereocenters. The number of rotatable bonds is 8. The van der Waals surface area contributed by atoms with Crippen LogP contribution in [0.4, 0.5) is 0 Å². The summed E-state index contributed by atoms with van der Waals surface area (Å²) in [6, 6.07) is 8.75. The fraction of sp³-hybridized carbons (Fsp3) is 0.562. The van der Waals surface area contributed by atoms with Crippen molar-refractivity contribution in [1.29, 1.82) is 0 Å². The Bertz CT molecular complexity index is 390. The number of carbonyl (C=O) groups is 1. The predicted molar refractivity (Wildman–Crippen MR) is 80.3 cm³/mol. The van der Waals surface area contributed by atoms with Crippen LogP contribution in [0.25, 0.3) is 0 Å². The molecule has 1 aromatic rings. The highest BCUT2D eigenvalue weighted by atomic mass is 16.1. The van der Waals surface area contributed by atoms with Crippen LogP contribution in [-0.2, 0) is 11.2 Å². The van der Waals surface area contributed by atoms with E-state index in [9.17, 15) is 4.79 Å². The SMILES string of the molecule is CCCC(C)NC(=O)CNCCc1cccc(C)c1. The number of hydrogen-bond donors (Lipinski definition) is 2. The first kappa shape index (κ1) is 15.7. The number of amides is 1. The predicted octanol–water partition coefficient (Wildman–Crippen LogP) is 2.43. The summed E-state index contributed by atoms with van der Waals surface area (Å²) in [5.41, 5.74) is 2.59. The second-order valence-corrected chi connectivity index (χ2v) is 5.17. The van der Waals surface area contributed by atoms with Crippen LogP contribution in [0, 0.1) is 6.92 Å². The third-order valence-corrected chi connectivity index (χ3v) is 3.09. The Balaban J connectivity index is 2.15. The average Bonchev–Trinajstić information content (AvgIpc) is 2.35. The molecule has 3 heteroatoms. The Kier molecular flexibility index (Phi) is 7.19. The van der Waals surface area contributed by atoms with Crippen molar-refractivity contribution in [3.8, 4) is 0 Å². The van der Waals surface area contributed by atoms with Gasteiger partial charge in [-0.2, -0.15) is 0 Å². The third kappa shape index (κ3) is 6.97. The zero-order valence-corrected chi connectivity index (χ0v) is 12.3. The van der Waals surface area contributed by atoms with E-state index >= 15 is 0 Å². The minimum Gasteiger partial charge on any atom is -0.353 e. The van der Waals surface area contributed by atoms with Crippen LogP contribution in [-0.4, -0.2) is 25.0 Å². The maximum atomic E-state index is 11.6. The average molecular weight is 262 g/mol. The topological polar surface area (TPSA) is 41.1 Å². The summed E-state index contributed by atoms with van der Waals surface area (Å²) in [7, 11) is 0. The molecular formula is C16H26N2O. The van der Waals surface area contributed by atoms with Gasteiger partial charge in [-0.25, -0.2) is 0 Å². The highest BCUT2D eigenvalue weighted by molar-refractivity contribution is 5.78. The zero-order chi connectivity index (χ0) is 14.1. The summed E-state index contributed by atoms with van der Waals surface area (Å²) >= 11 is 0. The molecule has 1 aromatic carbocycles. The molecule has 0 aliphatic rings. The van der Waals surface area contributed by atoms with E-state index < -0.39 is 0 Å². The van der Waals surface area contributed by atoms with Gasteiger partial charge in [-0.05, 0) is 38.8 Å². The Morgan fingerprint density at radius 1 is 1.37 bits per heavy atom. The van der Waals surface area contributed by atoms with Gasteiger partial charge in [-0.15, -0.1) is 0 Å². The Morgan fingerprint density at radius 3 is 2.84 bits per heavy atom. The normalized spacial score (nSPS) is 12.2. The van der Waals surface area contributed by atoms with Crippen molar-refractivity contribution >= 4 is 5.91 Å². The van der Waals surface area contributed by atoms with Crippen LogP contribution in [0.3, 0.4) is 0 Å². The van der Waals surface area contributed by atoms with Gasteiger partial charge in [0.1, 0.15) is 0 Å². The Hall–Kier alpha value is -1.35. The minimum atomic E-state index is 0.0881. The van der Waals surface area contributed by atoms with Gasteiger partial charge < -0.3 is 10.6 Å². The van der Waals surface area contributed by atoms with E-state index in [0.717, 1.165) is 25.8 Å². The lowest BCUT2D eigenvalue weighted by Crippen LogP contribution is -2.39. The minimum absolute atomic E-state index is 0.0881. The van der Waals surface area contributed by atoms with Crippen molar-refractivity contribution in [3.63, 3.8) is 0 Å². The zero-order valence-electron chi connectivity index (χ0n) is 12.3. The van der Waals surface area contributed by atoms with Crippen molar-refractivity contribution in [3.05, 3.63) is 35.4 Å². The lowest BCUT2D eigenvalue weighted by Gasteiger charge is -2.13. The molecule has 1 amide bonds. The van der Waals surface area contributed by atoms with E-state index in [1.165, 1.54) is 11.1 Å². The molecule has 0 aliphatic carbocycles. The number of nitrogens with one attached hydrogen (secondary N) is 2. The highest BCUT2D eigenvalue weighted by Crippen LogP contribution is 2.03. The molecule has 3 nitrogen and oxygen atoms in total. The van der Waals surface area contributed by atoms with Gasteiger partial charge in [-0.1, -0.05) is 43.2 Å². The number of benzene rings is 1. The van der Waals surface area contributed by atoms with Gasteiger partial charge in [0.05, 0.1) is 6.54 Å². The summed E-state index contributed by atoms with van der Waals surface area (Å²) in [4.78, 5) is 11.6. The molecule has 0 bridgehead atoms. The lowest BCUT2D eigenvalue weighted by molar-refractivity contribution is -0.120. The molecule has 1 unspecified atom stereocenters. The third-order valence-electron chi connectivity index (χ3n) is 3.09. The summed E-state index contributed by atoms with van der Waals surface area (Å²) in [5.74, 6) is 0.0881. The first-order valence-corrected chi connectivity index (χ1v) is 7.17. The van der Waals surface area contributed by atoms with Crippen molar-refractivity contribution in [2.24, 2.45) is 0 Å². The monoisotopic (exact) mass is 262 g/mol. The van der Waals surface area contributed by atoms with Crippen LogP contribution in [0.5, 0.6) is 0 Å². The van der Waals surface area contributed by atoms with E-state index in [-0.39, 0.29) is 11.9 Å². The fourth-order valence-corrected chi connectivity index (χ4v) is 2.13. The van der Waals surface area contributed by atoms with E-state index in [1.807, 2.05) is 6.92 Å². The van der Waals surface area contributed by atoms with E-state index in [4.69, 9.17) is 0 Å². The standard InChI is InChI=1S/C16H26N2O/c1-4-6-14(3)18-16(19)12-17-10-9-15-8-5-7-13(2)11-15/h5,7-8,11,14,17H,4,6,9-10,12H2,1-3H3,(H,18,19). The van der Waals surface area contributed by atoms with Crippen LogP contribution in [0.15, 0.2) is 24.3 Å². The molecule has 0 aliphatic heterocycles. The second kappa shape index (κ2) is 8.70. The molecule has 2 N–H and O–H groups in total. The largest absolute Gasteiger partial charge is 0.353 e. The fourth-order valence-electron chi connectivity index (χ4n) is 2.13. The Morgan fingerprint density at radius 2 is 2.16 bits per heavy atom. The van der Waals surface area contributed by atoms with Crippen LogP contribution >= 0.6 is 0 Å². The molecule has 19 heavy (non-hydrogen) atoms. The van der Waals surface area contributed by atoms with Gasteiger partial charge in [0.2, 0.25) is 5.91 Å². The lowest BCUT2D eigenvalue weighted by atomic mass is 10.1. The number of carbonyl (C=O) groups excluding carboxylic acids is 1. The van der Waals surface area contributed by atoms with Crippen molar-refractivity contribution in [2.45, 2.75) is 46.1 Å². The first-order valence-electron chi connectivity index (χ1n) is 7.17. The van der Waals surface area contributed by atoms with Gasteiger partial charge >= 0.3 is 0 Å². The molecule has 0 spiro atoms. The van der Waals surface area contributed by atoms with Crippen molar-refractivity contribution in [2.75, 3.05) is 13.1 Å². The second-order valence-electron chi connectivity index (χ2n) is 5.17. The van der Waals surface area contributed by atoms with Crippen LogP contribution in [0.2, 0.25) is 0 Å². The van der Waals surface area contributed by atoms with E-state index in [2.05, 4.69) is 48.7 Å². The van der Waals surface area contributed by atoms with Gasteiger partial charge in [0.15, 0.2) is 0 Å². The molecule has 106 valence electrons. The highest BCUT2D eigenvalue weighted by Gasteiger charge is 2.05. The maximum Gasteiger partial charge on any atom is 0.234 e. The Labute approximate surface area is 116 Å². The molecule has 1 rings (SSSR count). The smallest absolute Gasteiger partial charge is 0.234 e. The quantitative estimate of drug-likeness (QED) is 0.707. The maximum absolute atomic E-state index is 11.6. The van der Waals surface area contributed by atoms with E-state index in [1.54, 1.807) is 0 Å². The molecule has 0 saturated heterocycles.